The highest BCUT2D eigenvalue weighted by Gasteiger charge is 1.97. The molecular weight excluding hydrogens is 364 g/mol. The van der Waals surface area contributed by atoms with Crippen LogP contribution in [0.5, 0.6) is 0 Å². The van der Waals surface area contributed by atoms with Crippen molar-refractivity contribution in [1.29, 1.82) is 0 Å². The third-order valence-electron chi connectivity index (χ3n) is 4.40. The van der Waals surface area contributed by atoms with Gasteiger partial charge in [0.1, 0.15) is 6.26 Å². The van der Waals surface area contributed by atoms with Gasteiger partial charge >= 0.3 is 0 Å². The average Bonchev–Trinajstić information content (AvgIpc) is 2.68. The number of unbranched alkanes of at least 4 members (excludes halogenated alkanes) is 12. The molecule has 0 aromatic heterocycles. The molecule has 168 valence electrons. The first-order valence-electron chi connectivity index (χ1n) is 11.0. The molecule has 0 radical (unpaired) electrons. The van der Waals surface area contributed by atoms with Crippen molar-refractivity contribution in [2.24, 2.45) is 5.92 Å². The van der Waals surface area contributed by atoms with Crippen LogP contribution in [0, 0.1) is 5.92 Å². The standard InChI is InChI=1S/C21H42O7/c1-4-19-22-24-26-28-27-25-23-20-17-15-13-11-9-7-5-6-8-10-12-14-16-18-21(2)3/h4,19,21H,5-18,20H2,1-3H3. The molecule has 0 rings (SSSR count). The lowest BCUT2D eigenvalue weighted by molar-refractivity contribution is -0.786. The van der Waals surface area contributed by atoms with E-state index in [2.05, 4.69) is 43.9 Å². The van der Waals surface area contributed by atoms with Crippen LogP contribution in [0.15, 0.2) is 12.3 Å². The third-order valence-corrected chi connectivity index (χ3v) is 4.40. The summed E-state index contributed by atoms with van der Waals surface area (Å²) in [4.78, 5) is 9.06. The molecule has 0 saturated heterocycles. The smallest absolute Gasteiger partial charge is 0.128 e. The molecule has 0 atom stereocenters. The topological polar surface area (TPSA) is 64.6 Å². The molecule has 0 aromatic carbocycles. The van der Waals surface area contributed by atoms with Crippen LogP contribution in [0.2, 0.25) is 0 Å². The lowest BCUT2D eigenvalue weighted by Crippen LogP contribution is -2.01. The van der Waals surface area contributed by atoms with E-state index in [0.29, 0.717) is 6.61 Å². The summed E-state index contributed by atoms with van der Waals surface area (Å²) in [6.07, 6.45) is 21.3. The maximum absolute atomic E-state index is 4.74. The molecule has 28 heavy (non-hydrogen) atoms. The van der Waals surface area contributed by atoms with Gasteiger partial charge in [0.05, 0.1) is 6.61 Å². The molecule has 0 spiro atoms. The Morgan fingerprint density at radius 1 is 0.571 bits per heavy atom. The summed E-state index contributed by atoms with van der Waals surface area (Å²) in [5.41, 5.74) is 0. The zero-order chi connectivity index (χ0) is 20.5. The van der Waals surface area contributed by atoms with E-state index in [1.165, 1.54) is 83.3 Å². The molecule has 0 amide bonds. The van der Waals surface area contributed by atoms with E-state index in [9.17, 15) is 0 Å². The quantitative estimate of drug-likeness (QED) is 0.0766. The third kappa shape index (κ3) is 25.3. The SMILES string of the molecule is CC=COOOOOOOCCCCCCCCCCCCCCCC(C)C. The summed E-state index contributed by atoms with van der Waals surface area (Å²) in [7, 11) is 0. The molecule has 0 N–H and O–H groups in total. The van der Waals surface area contributed by atoms with Crippen molar-refractivity contribution in [3.63, 3.8) is 0 Å². The van der Waals surface area contributed by atoms with Gasteiger partial charge in [-0.05, 0) is 35.4 Å². The predicted octanol–water partition coefficient (Wildman–Crippen LogP) is 7.24. The van der Waals surface area contributed by atoms with Crippen molar-refractivity contribution in [1.82, 2.24) is 0 Å². The van der Waals surface area contributed by atoms with Gasteiger partial charge in [0.2, 0.25) is 0 Å². The van der Waals surface area contributed by atoms with Crippen LogP contribution in [0.3, 0.4) is 0 Å². The molecule has 0 bridgehead atoms. The predicted molar refractivity (Wildman–Crippen MR) is 107 cm³/mol. The molecule has 7 heteroatoms. The van der Waals surface area contributed by atoms with Crippen molar-refractivity contribution in [3.8, 4) is 0 Å². The van der Waals surface area contributed by atoms with Crippen molar-refractivity contribution < 1.29 is 35.0 Å². The Bertz CT molecular complexity index is 311. The van der Waals surface area contributed by atoms with Crippen LogP contribution in [-0.4, -0.2) is 6.61 Å². The summed E-state index contributed by atoms with van der Waals surface area (Å²) in [6, 6.07) is 0. The lowest BCUT2D eigenvalue weighted by Gasteiger charge is -2.05. The van der Waals surface area contributed by atoms with Crippen molar-refractivity contribution in [3.05, 3.63) is 12.3 Å². The number of hydrogen-bond acceptors (Lipinski definition) is 7. The zero-order valence-corrected chi connectivity index (χ0v) is 18.2. The second-order valence-electron chi connectivity index (χ2n) is 7.51. The highest BCUT2D eigenvalue weighted by atomic mass is 17.9. The fourth-order valence-electron chi connectivity index (χ4n) is 2.84. The Morgan fingerprint density at radius 3 is 1.57 bits per heavy atom. The monoisotopic (exact) mass is 406 g/mol. The maximum Gasteiger partial charge on any atom is 0.128 e. The van der Waals surface area contributed by atoms with Gasteiger partial charge in [0.15, 0.2) is 0 Å². The Balaban J connectivity index is 2.99. The van der Waals surface area contributed by atoms with Crippen LogP contribution in [0.4, 0.5) is 0 Å². The van der Waals surface area contributed by atoms with E-state index in [1.807, 2.05) is 0 Å². The van der Waals surface area contributed by atoms with E-state index < -0.39 is 0 Å². The lowest BCUT2D eigenvalue weighted by atomic mass is 10.0. The van der Waals surface area contributed by atoms with Crippen molar-refractivity contribution in [2.45, 2.75) is 111 Å². The van der Waals surface area contributed by atoms with Gasteiger partial charge < -0.3 is 4.89 Å². The summed E-state index contributed by atoms with van der Waals surface area (Å²) in [5.74, 6) is 0.860. The second kappa shape index (κ2) is 24.3. The maximum atomic E-state index is 4.74. The summed E-state index contributed by atoms with van der Waals surface area (Å²) >= 11 is 0. The van der Waals surface area contributed by atoms with E-state index >= 15 is 0 Å². The Labute approximate surface area is 171 Å². The molecule has 0 aliphatic rings. The molecule has 0 aliphatic heterocycles. The first-order valence-corrected chi connectivity index (χ1v) is 11.0. The first-order chi connectivity index (χ1) is 13.8. The summed E-state index contributed by atoms with van der Waals surface area (Å²) in [5, 5.41) is 20.3. The van der Waals surface area contributed by atoms with Gasteiger partial charge in [0, 0.05) is 15.1 Å². The Morgan fingerprint density at radius 2 is 1.04 bits per heavy atom. The number of hydrogen-bond donors (Lipinski definition) is 0. The Hall–Kier alpha value is -0.700. The largest absolute Gasteiger partial charge is 0.314 e. The number of rotatable bonds is 23. The van der Waals surface area contributed by atoms with Gasteiger partial charge in [-0.25, -0.2) is 4.89 Å². The molecule has 0 fully saturated rings. The Kier molecular flexibility index (Phi) is 23.7. The molecule has 0 aromatic rings. The number of allylic oxidation sites excluding steroid dienone is 1. The van der Waals surface area contributed by atoms with Gasteiger partial charge in [0.25, 0.3) is 0 Å². The van der Waals surface area contributed by atoms with Crippen molar-refractivity contribution >= 4 is 0 Å². The van der Waals surface area contributed by atoms with Crippen molar-refractivity contribution in [2.75, 3.05) is 6.61 Å². The fourth-order valence-corrected chi connectivity index (χ4v) is 2.84. The van der Waals surface area contributed by atoms with E-state index in [-0.39, 0.29) is 0 Å². The van der Waals surface area contributed by atoms with Gasteiger partial charge in [-0.3, -0.25) is 0 Å². The molecule has 0 heterocycles. The average molecular weight is 407 g/mol. The normalized spacial score (nSPS) is 11.7. The van der Waals surface area contributed by atoms with Crippen LogP contribution < -0.4 is 0 Å². The first kappa shape index (κ1) is 27.3. The molecular formula is C21H42O7. The molecule has 0 aliphatic carbocycles. The van der Waals surface area contributed by atoms with Crippen LogP contribution >= 0.6 is 0 Å². The van der Waals surface area contributed by atoms with E-state index in [1.54, 1.807) is 13.0 Å². The fraction of sp³-hybridized carbons (Fsp3) is 0.905. The zero-order valence-electron chi connectivity index (χ0n) is 18.2. The van der Waals surface area contributed by atoms with E-state index in [4.69, 9.17) is 4.89 Å². The molecule has 0 unspecified atom stereocenters. The minimum Gasteiger partial charge on any atom is -0.314 e. The second-order valence-corrected chi connectivity index (χ2v) is 7.51. The van der Waals surface area contributed by atoms with Crippen LogP contribution in [0.25, 0.3) is 0 Å². The highest BCUT2D eigenvalue weighted by Crippen LogP contribution is 2.14. The summed E-state index contributed by atoms with van der Waals surface area (Å²) in [6.45, 7) is 6.80. The summed E-state index contributed by atoms with van der Waals surface area (Å²) < 4.78 is 0. The minimum atomic E-state index is 0.427. The van der Waals surface area contributed by atoms with Crippen LogP contribution in [-0.2, 0) is 35.0 Å². The highest BCUT2D eigenvalue weighted by molar-refractivity contribution is 4.62. The van der Waals surface area contributed by atoms with Gasteiger partial charge in [-0.1, -0.05) is 97.3 Å². The molecule has 7 nitrogen and oxygen atoms in total. The minimum absolute atomic E-state index is 0.427. The van der Waals surface area contributed by atoms with E-state index in [0.717, 1.165) is 18.8 Å². The van der Waals surface area contributed by atoms with Crippen LogP contribution in [0.1, 0.15) is 111 Å². The van der Waals surface area contributed by atoms with Gasteiger partial charge in [-0.15, -0.1) is 0 Å². The van der Waals surface area contributed by atoms with Gasteiger partial charge in [-0.2, -0.15) is 0 Å². The molecule has 0 saturated carbocycles.